The Bertz CT molecular complexity index is 991. The predicted octanol–water partition coefficient (Wildman–Crippen LogP) is 3.63. The maximum atomic E-state index is 12.4. The van der Waals surface area contributed by atoms with Gasteiger partial charge in [-0.25, -0.2) is 23.1 Å². The lowest BCUT2D eigenvalue weighted by Gasteiger charge is -2.10. The van der Waals surface area contributed by atoms with Gasteiger partial charge in [-0.05, 0) is 36.6 Å². The molecule has 0 unspecified atom stereocenters. The van der Waals surface area contributed by atoms with Gasteiger partial charge < -0.3 is 0 Å². The quantitative estimate of drug-likeness (QED) is 0.701. The molecular formula is C19H18ClN3O2S. The molecule has 0 radical (unpaired) electrons. The van der Waals surface area contributed by atoms with Crippen LogP contribution in [0.2, 0.25) is 5.02 Å². The van der Waals surface area contributed by atoms with Crippen molar-refractivity contribution < 1.29 is 8.42 Å². The third kappa shape index (κ3) is 4.46. The van der Waals surface area contributed by atoms with E-state index in [1.165, 1.54) is 6.07 Å². The second kappa shape index (κ2) is 7.95. The molecule has 1 aromatic heterocycles. The van der Waals surface area contributed by atoms with Crippen molar-refractivity contribution in [3.63, 3.8) is 0 Å². The van der Waals surface area contributed by atoms with Gasteiger partial charge in [0.15, 0.2) is 5.82 Å². The summed E-state index contributed by atoms with van der Waals surface area (Å²) >= 11 is 5.91. The number of rotatable bonds is 6. The highest BCUT2D eigenvalue weighted by molar-refractivity contribution is 7.89. The minimum Gasteiger partial charge on any atom is -0.236 e. The van der Waals surface area contributed by atoms with E-state index in [2.05, 4.69) is 14.7 Å². The summed E-state index contributed by atoms with van der Waals surface area (Å²) < 4.78 is 27.5. The van der Waals surface area contributed by atoms with Gasteiger partial charge in [-0.15, -0.1) is 0 Å². The fraction of sp³-hybridized carbons (Fsp3) is 0.158. The number of nitrogens with one attached hydrogen (secondary N) is 1. The first kappa shape index (κ1) is 18.5. The number of sulfonamides is 1. The molecule has 0 saturated carbocycles. The molecule has 0 amide bonds. The fourth-order valence-electron chi connectivity index (χ4n) is 2.49. The molecule has 5 nitrogen and oxygen atoms in total. The van der Waals surface area contributed by atoms with Gasteiger partial charge in [0.1, 0.15) is 0 Å². The second-order valence-electron chi connectivity index (χ2n) is 5.84. The van der Waals surface area contributed by atoms with Crippen molar-refractivity contribution in [2.75, 3.05) is 6.54 Å². The number of hydrogen-bond donors (Lipinski definition) is 1. The maximum absolute atomic E-state index is 12.4. The van der Waals surface area contributed by atoms with Crippen LogP contribution in [0.15, 0.2) is 65.8 Å². The number of hydrogen-bond acceptors (Lipinski definition) is 4. The summed E-state index contributed by atoms with van der Waals surface area (Å²) in [7, 11) is -3.61. The number of nitrogens with zero attached hydrogens (tertiary/aromatic N) is 2. The fourth-order valence-corrected chi connectivity index (χ4v) is 4.03. The first-order valence-corrected chi connectivity index (χ1v) is 9.94. The molecule has 0 fully saturated rings. The second-order valence-corrected chi connectivity index (χ2v) is 8.01. The molecule has 2 aromatic carbocycles. The first-order chi connectivity index (χ1) is 12.5. The minimum absolute atomic E-state index is 0.195. The molecule has 3 aromatic rings. The predicted molar refractivity (Wildman–Crippen MR) is 103 cm³/mol. The van der Waals surface area contributed by atoms with Gasteiger partial charge in [-0.2, -0.15) is 0 Å². The van der Waals surface area contributed by atoms with Crippen LogP contribution in [0.5, 0.6) is 0 Å². The molecule has 134 valence electrons. The Morgan fingerprint density at radius 3 is 2.42 bits per heavy atom. The normalized spacial score (nSPS) is 11.5. The van der Waals surface area contributed by atoms with Gasteiger partial charge in [0.25, 0.3) is 0 Å². The van der Waals surface area contributed by atoms with Crippen LogP contribution < -0.4 is 4.72 Å². The first-order valence-electron chi connectivity index (χ1n) is 8.08. The van der Waals surface area contributed by atoms with Crippen molar-refractivity contribution in [1.82, 2.24) is 14.7 Å². The standard InChI is InChI=1S/C19H18ClN3O2S/c1-14-7-8-17(20)11-18(14)26(24,25)23-10-9-15-12-21-19(22-13-15)16-5-3-2-4-6-16/h2-8,11-13,23H,9-10H2,1H3. The van der Waals surface area contributed by atoms with Gasteiger partial charge >= 0.3 is 0 Å². The summed E-state index contributed by atoms with van der Waals surface area (Å²) in [6, 6.07) is 14.5. The maximum Gasteiger partial charge on any atom is 0.240 e. The van der Waals surface area contributed by atoms with Crippen molar-refractivity contribution in [2.24, 2.45) is 0 Å². The van der Waals surface area contributed by atoms with Crippen LogP contribution in [0.1, 0.15) is 11.1 Å². The lowest BCUT2D eigenvalue weighted by atomic mass is 10.2. The zero-order valence-electron chi connectivity index (χ0n) is 14.2. The van der Waals surface area contributed by atoms with Crippen LogP contribution in [-0.2, 0) is 16.4 Å². The van der Waals surface area contributed by atoms with E-state index in [-0.39, 0.29) is 11.4 Å². The molecular weight excluding hydrogens is 370 g/mol. The Hall–Kier alpha value is -2.28. The third-order valence-corrected chi connectivity index (χ3v) is 5.72. The summed E-state index contributed by atoms with van der Waals surface area (Å²) in [6.07, 6.45) is 3.93. The zero-order chi connectivity index (χ0) is 18.6. The minimum atomic E-state index is -3.61. The highest BCUT2D eigenvalue weighted by Crippen LogP contribution is 2.20. The van der Waals surface area contributed by atoms with Crippen LogP contribution in [0.3, 0.4) is 0 Å². The molecule has 0 aliphatic carbocycles. The Kier molecular flexibility index (Phi) is 5.66. The number of aryl methyl sites for hydroxylation is 1. The number of benzene rings is 2. The zero-order valence-corrected chi connectivity index (χ0v) is 15.8. The molecule has 0 aliphatic heterocycles. The van der Waals surface area contributed by atoms with Gasteiger partial charge in [-0.1, -0.05) is 48.0 Å². The van der Waals surface area contributed by atoms with E-state index < -0.39 is 10.0 Å². The van der Waals surface area contributed by atoms with E-state index in [1.807, 2.05) is 30.3 Å². The van der Waals surface area contributed by atoms with E-state index >= 15 is 0 Å². The van der Waals surface area contributed by atoms with Crippen molar-refractivity contribution in [1.29, 1.82) is 0 Å². The van der Waals surface area contributed by atoms with E-state index in [9.17, 15) is 8.42 Å². The molecule has 7 heteroatoms. The SMILES string of the molecule is Cc1ccc(Cl)cc1S(=O)(=O)NCCc1cnc(-c2ccccc2)nc1. The topological polar surface area (TPSA) is 72.0 Å². The summed E-state index contributed by atoms with van der Waals surface area (Å²) in [5, 5.41) is 0.390. The summed E-state index contributed by atoms with van der Waals surface area (Å²) in [5.74, 6) is 0.643. The molecule has 0 atom stereocenters. The van der Waals surface area contributed by atoms with Crippen LogP contribution in [0.4, 0.5) is 0 Å². The number of aromatic nitrogens is 2. The van der Waals surface area contributed by atoms with E-state index in [1.54, 1.807) is 31.5 Å². The summed E-state index contributed by atoms with van der Waals surface area (Å²) in [4.78, 5) is 8.88. The Balaban J connectivity index is 1.63. The van der Waals surface area contributed by atoms with Crippen molar-refractivity contribution in [3.05, 3.63) is 77.1 Å². The molecule has 1 heterocycles. The molecule has 0 saturated heterocycles. The van der Waals surface area contributed by atoms with Crippen LogP contribution in [0, 0.1) is 6.92 Å². The lowest BCUT2D eigenvalue weighted by Crippen LogP contribution is -2.26. The van der Waals surface area contributed by atoms with E-state index in [0.717, 1.165) is 11.1 Å². The van der Waals surface area contributed by atoms with Crippen LogP contribution in [-0.4, -0.2) is 24.9 Å². The number of halogens is 1. The van der Waals surface area contributed by atoms with Crippen LogP contribution >= 0.6 is 11.6 Å². The van der Waals surface area contributed by atoms with Gasteiger partial charge in [0.05, 0.1) is 4.90 Å². The molecule has 0 spiro atoms. The Morgan fingerprint density at radius 2 is 1.73 bits per heavy atom. The Morgan fingerprint density at radius 1 is 1.04 bits per heavy atom. The molecule has 1 N–H and O–H groups in total. The van der Waals surface area contributed by atoms with Gasteiger partial charge in [0.2, 0.25) is 10.0 Å². The lowest BCUT2D eigenvalue weighted by molar-refractivity contribution is 0.581. The smallest absolute Gasteiger partial charge is 0.236 e. The third-order valence-electron chi connectivity index (χ3n) is 3.88. The van der Waals surface area contributed by atoms with E-state index in [0.29, 0.717) is 22.8 Å². The molecule has 0 bridgehead atoms. The van der Waals surface area contributed by atoms with Crippen molar-refractivity contribution in [3.8, 4) is 11.4 Å². The van der Waals surface area contributed by atoms with Gasteiger partial charge in [0, 0.05) is 29.5 Å². The average Bonchev–Trinajstić information content (AvgIpc) is 2.65. The average molecular weight is 388 g/mol. The Labute approximate surface area is 158 Å². The summed E-state index contributed by atoms with van der Waals surface area (Å²) in [5.41, 5.74) is 2.45. The molecule has 0 aliphatic rings. The van der Waals surface area contributed by atoms with E-state index in [4.69, 9.17) is 11.6 Å². The monoisotopic (exact) mass is 387 g/mol. The van der Waals surface area contributed by atoms with Crippen molar-refractivity contribution >= 4 is 21.6 Å². The largest absolute Gasteiger partial charge is 0.240 e. The summed E-state index contributed by atoms with van der Waals surface area (Å²) in [6.45, 7) is 1.99. The highest BCUT2D eigenvalue weighted by Gasteiger charge is 2.16. The highest BCUT2D eigenvalue weighted by atomic mass is 35.5. The molecule has 3 rings (SSSR count). The molecule has 26 heavy (non-hydrogen) atoms. The van der Waals surface area contributed by atoms with Crippen molar-refractivity contribution in [2.45, 2.75) is 18.2 Å². The van der Waals surface area contributed by atoms with Gasteiger partial charge in [-0.3, -0.25) is 0 Å². The van der Waals surface area contributed by atoms with Crippen LogP contribution in [0.25, 0.3) is 11.4 Å².